The Morgan fingerprint density at radius 2 is 1.90 bits per heavy atom. The highest BCUT2D eigenvalue weighted by Crippen LogP contribution is 2.18. The number of pyridine rings is 2. The second-order valence-corrected chi connectivity index (χ2v) is 6.16. The first-order chi connectivity index (χ1) is 10.1. The van der Waals surface area contributed by atoms with E-state index in [0.29, 0.717) is 18.1 Å². The Bertz CT molecular complexity index is 674. The van der Waals surface area contributed by atoms with Crippen molar-refractivity contribution in [1.82, 2.24) is 14.7 Å². The Morgan fingerprint density at radius 3 is 2.62 bits per heavy atom. The fourth-order valence-electron chi connectivity index (χ4n) is 1.73. The number of hydrogen-bond acceptors (Lipinski definition) is 5. The van der Waals surface area contributed by atoms with Gasteiger partial charge in [-0.2, -0.15) is 0 Å². The second-order valence-electron chi connectivity index (χ2n) is 4.42. The molecule has 0 unspecified atom stereocenters. The quantitative estimate of drug-likeness (QED) is 0.814. The Balaban J connectivity index is 2.15. The van der Waals surface area contributed by atoms with E-state index >= 15 is 0 Å². The molecule has 0 spiro atoms. The van der Waals surface area contributed by atoms with Crippen LogP contribution in [0.2, 0.25) is 0 Å². The molecule has 2 heterocycles. The van der Waals surface area contributed by atoms with Crippen LogP contribution in [0.25, 0.3) is 0 Å². The molecule has 0 atom stereocenters. The summed E-state index contributed by atoms with van der Waals surface area (Å²) >= 11 is 0. The number of anilines is 1. The van der Waals surface area contributed by atoms with Gasteiger partial charge in [-0.05, 0) is 30.7 Å². The van der Waals surface area contributed by atoms with Gasteiger partial charge in [-0.25, -0.2) is 18.1 Å². The van der Waals surface area contributed by atoms with Crippen molar-refractivity contribution in [2.75, 3.05) is 11.9 Å². The number of nitrogens with zero attached hydrogens (tertiary/aromatic N) is 2. The molecular weight excluding hydrogens is 288 g/mol. The normalized spacial score (nSPS) is 11.3. The molecule has 0 amide bonds. The third-order valence-electron chi connectivity index (χ3n) is 2.77. The van der Waals surface area contributed by atoms with Crippen molar-refractivity contribution in [3.8, 4) is 0 Å². The van der Waals surface area contributed by atoms with E-state index in [9.17, 15) is 8.42 Å². The minimum Gasteiger partial charge on any atom is -0.369 e. The predicted octanol–water partition coefficient (Wildman–Crippen LogP) is 1.78. The fraction of sp³-hybridized carbons (Fsp3) is 0.286. The maximum absolute atomic E-state index is 12.4. The lowest BCUT2D eigenvalue weighted by Crippen LogP contribution is -2.25. The van der Waals surface area contributed by atoms with Crippen LogP contribution in [0.15, 0.2) is 47.6 Å². The van der Waals surface area contributed by atoms with Gasteiger partial charge in [0.2, 0.25) is 10.0 Å². The fourth-order valence-corrected chi connectivity index (χ4v) is 2.86. The first-order valence-electron chi connectivity index (χ1n) is 6.72. The smallest absolute Gasteiger partial charge is 0.244 e. The molecule has 0 saturated carbocycles. The minimum atomic E-state index is -3.63. The number of aromatic nitrogens is 2. The van der Waals surface area contributed by atoms with E-state index in [0.717, 1.165) is 6.42 Å². The zero-order valence-electron chi connectivity index (χ0n) is 11.8. The molecule has 0 aliphatic carbocycles. The molecule has 0 radical (unpaired) electrons. The van der Waals surface area contributed by atoms with E-state index in [-0.39, 0.29) is 11.4 Å². The average molecular weight is 306 g/mol. The van der Waals surface area contributed by atoms with Gasteiger partial charge in [-0.3, -0.25) is 4.98 Å². The molecule has 0 fully saturated rings. The monoisotopic (exact) mass is 306 g/mol. The molecule has 0 aromatic carbocycles. The molecular formula is C14H18N4O2S. The van der Waals surface area contributed by atoms with Crippen molar-refractivity contribution in [3.05, 3.63) is 48.4 Å². The van der Waals surface area contributed by atoms with Gasteiger partial charge in [0.1, 0.15) is 10.7 Å². The SMILES string of the molecule is CCCNc1ncccc1S(=O)(=O)NCc1ccccn1. The standard InChI is InChI=1S/C14H18N4O2S/c1-2-8-16-14-13(7-5-10-17-14)21(19,20)18-11-12-6-3-4-9-15-12/h3-7,9-10,18H,2,8,11H2,1H3,(H,16,17). The van der Waals surface area contributed by atoms with E-state index in [1.165, 1.54) is 6.07 Å². The number of nitrogens with one attached hydrogen (secondary N) is 2. The van der Waals surface area contributed by atoms with Gasteiger partial charge in [0.25, 0.3) is 0 Å². The van der Waals surface area contributed by atoms with E-state index in [1.807, 2.05) is 13.0 Å². The molecule has 2 aromatic heterocycles. The second kappa shape index (κ2) is 7.14. The summed E-state index contributed by atoms with van der Waals surface area (Å²) in [5.41, 5.74) is 0.660. The van der Waals surface area contributed by atoms with Gasteiger partial charge in [-0.15, -0.1) is 0 Å². The molecule has 21 heavy (non-hydrogen) atoms. The molecule has 0 saturated heterocycles. The van der Waals surface area contributed by atoms with Gasteiger partial charge in [-0.1, -0.05) is 13.0 Å². The van der Waals surface area contributed by atoms with Gasteiger partial charge in [0.05, 0.1) is 12.2 Å². The summed E-state index contributed by atoms with van der Waals surface area (Å²) in [4.78, 5) is 8.33. The van der Waals surface area contributed by atoms with E-state index < -0.39 is 10.0 Å². The molecule has 6 nitrogen and oxygen atoms in total. The zero-order chi connectivity index (χ0) is 15.1. The van der Waals surface area contributed by atoms with Gasteiger partial charge < -0.3 is 5.32 Å². The van der Waals surface area contributed by atoms with Crippen LogP contribution in [0.5, 0.6) is 0 Å². The maximum atomic E-state index is 12.4. The number of sulfonamides is 1. The number of hydrogen-bond donors (Lipinski definition) is 2. The lowest BCUT2D eigenvalue weighted by molar-refractivity contribution is 0.580. The highest BCUT2D eigenvalue weighted by Gasteiger charge is 2.18. The Morgan fingerprint density at radius 1 is 1.10 bits per heavy atom. The minimum absolute atomic E-state index is 0.144. The summed E-state index contributed by atoms with van der Waals surface area (Å²) in [7, 11) is -3.63. The largest absolute Gasteiger partial charge is 0.369 e. The highest BCUT2D eigenvalue weighted by atomic mass is 32.2. The van der Waals surface area contributed by atoms with Crippen molar-refractivity contribution in [2.45, 2.75) is 24.8 Å². The molecule has 2 N–H and O–H groups in total. The lowest BCUT2D eigenvalue weighted by Gasteiger charge is -2.11. The van der Waals surface area contributed by atoms with Crippen molar-refractivity contribution in [1.29, 1.82) is 0 Å². The average Bonchev–Trinajstić information content (AvgIpc) is 2.52. The summed E-state index contributed by atoms with van der Waals surface area (Å²) in [5.74, 6) is 0.368. The van der Waals surface area contributed by atoms with Crippen LogP contribution in [0.4, 0.5) is 5.82 Å². The van der Waals surface area contributed by atoms with Gasteiger partial charge in [0.15, 0.2) is 0 Å². The molecule has 2 aromatic rings. The van der Waals surface area contributed by atoms with Crippen molar-refractivity contribution in [3.63, 3.8) is 0 Å². The van der Waals surface area contributed by atoms with Crippen LogP contribution in [-0.2, 0) is 16.6 Å². The van der Waals surface area contributed by atoms with Crippen LogP contribution >= 0.6 is 0 Å². The van der Waals surface area contributed by atoms with E-state index in [2.05, 4.69) is 20.0 Å². The Kier molecular flexibility index (Phi) is 5.24. The van der Waals surface area contributed by atoms with Crippen LogP contribution < -0.4 is 10.0 Å². The lowest BCUT2D eigenvalue weighted by atomic mass is 10.4. The Labute approximate surface area is 124 Å². The third-order valence-corrected chi connectivity index (χ3v) is 4.20. The summed E-state index contributed by atoms with van der Waals surface area (Å²) in [6, 6.07) is 8.50. The van der Waals surface area contributed by atoms with Crippen molar-refractivity contribution < 1.29 is 8.42 Å². The molecule has 7 heteroatoms. The van der Waals surface area contributed by atoms with Crippen molar-refractivity contribution >= 4 is 15.8 Å². The summed E-state index contributed by atoms with van der Waals surface area (Å²) < 4.78 is 27.3. The maximum Gasteiger partial charge on any atom is 0.244 e. The molecule has 2 rings (SSSR count). The zero-order valence-corrected chi connectivity index (χ0v) is 12.6. The van der Waals surface area contributed by atoms with Crippen molar-refractivity contribution in [2.24, 2.45) is 0 Å². The molecule has 0 aliphatic heterocycles. The van der Waals surface area contributed by atoms with Gasteiger partial charge in [0, 0.05) is 18.9 Å². The van der Waals surface area contributed by atoms with Gasteiger partial charge >= 0.3 is 0 Å². The van der Waals surface area contributed by atoms with Crippen LogP contribution in [0.1, 0.15) is 19.0 Å². The first kappa shape index (κ1) is 15.4. The summed E-state index contributed by atoms with van der Waals surface area (Å²) in [6.45, 7) is 2.81. The van der Waals surface area contributed by atoms with Crippen LogP contribution in [0, 0.1) is 0 Å². The van der Waals surface area contributed by atoms with Crippen LogP contribution in [0.3, 0.4) is 0 Å². The molecule has 112 valence electrons. The number of rotatable bonds is 7. The summed E-state index contributed by atoms with van der Waals surface area (Å²) in [6.07, 6.45) is 4.08. The highest BCUT2D eigenvalue weighted by molar-refractivity contribution is 7.89. The molecule has 0 aliphatic rings. The van der Waals surface area contributed by atoms with E-state index in [4.69, 9.17) is 0 Å². The first-order valence-corrected chi connectivity index (χ1v) is 8.20. The third kappa shape index (κ3) is 4.24. The molecule has 0 bridgehead atoms. The van der Waals surface area contributed by atoms with E-state index in [1.54, 1.807) is 30.6 Å². The predicted molar refractivity (Wildman–Crippen MR) is 81.3 cm³/mol. The topological polar surface area (TPSA) is 84.0 Å². The Hall–Kier alpha value is -1.99. The summed E-state index contributed by atoms with van der Waals surface area (Å²) in [5, 5.41) is 3.02. The van der Waals surface area contributed by atoms with Crippen LogP contribution in [-0.4, -0.2) is 24.9 Å².